The average molecular weight is 590 g/mol. The summed E-state index contributed by atoms with van der Waals surface area (Å²) in [6, 6.07) is 18.4. The Morgan fingerprint density at radius 1 is 1.00 bits per heavy atom. The standard InChI is InChI=1S/C30H28BrN3O5/c1-18-5-9-20(10-6-18)29(38)34-17-26(36)27-25(34)13-14-33(27)30(39)24(15-19-7-11-23(35)12-8-19)32-28(37)21-3-2-4-22(31)16-21/h2-12,16,24-25,27,35H,13-15,17H2,1H3,(H,32,37)/t24-,25+,27-/m0/s1. The number of benzene rings is 3. The number of nitrogens with one attached hydrogen (secondary N) is 1. The number of hydrogen-bond donors (Lipinski definition) is 2. The molecular formula is C30H28BrN3O5. The molecule has 0 radical (unpaired) electrons. The molecule has 3 aromatic rings. The summed E-state index contributed by atoms with van der Waals surface area (Å²) in [5.41, 5.74) is 2.67. The Kier molecular flexibility index (Phi) is 7.52. The smallest absolute Gasteiger partial charge is 0.254 e. The third kappa shape index (κ3) is 5.59. The van der Waals surface area contributed by atoms with Gasteiger partial charge >= 0.3 is 0 Å². The number of halogens is 1. The predicted octanol–water partition coefficient (Wildman–Crippen LogP) is 3.50. The number of aromatic hydroxyl groups is 1. The number of ketones is 1. The van der Waals surface area contributed by atoms with Gasteiger partial charge in [-0.25, -0.2) is 0 Å². The highest BCUT2D eigenvalue weighted by Gasteiger charge is 2.52. The van der Waals surface area contributed by atoms with Gasteiger partial charge in [-0.3, -0.25) is 19.2 Å². The van der Waals surface area contributed by atoms with Crippen LogP contribution < -0.4 is 5.32 Å². The summed E-state index contributed by atoms with van der Waals surface area (Å²) in [6.45, 7) is 2.18. The molecule has 2 aliphatic rings. The molecule has 0 bridgehead atoms. The summed E-state index contributed by atoms with van der Waals surface area (Å²) in [6.07, 6.45) is 0.651. The van der Waals surface area contributed by atoms with Crippen LogP contribution in [0.3, 0.4) is 0 Å². The third-order valence-electron chi connectivity index (χ3n) is 7.33. The molecule has 5 rings (SSSR count). The van der Waals surface area contributed by atoms with E-state index in [-0.39, 0.29) is 36.3 Å². The Bertz CT molecular complexity index is 1420. The van der Waals surface area contributed by atoms with E-state index in [2.05, 4.69) is 21.2 Å². The number of aryl methyl sites for hydroxylation is 1. The van der Waals surface area contributed by atoms with Gasteiger partial charge in [-0.2, -0.15) is 0 Å². The van der Waals surface area contributed by atoms with Crippen LogP contribution >= 0.6 is 15.9 Å². The Hall–Kier alpha value is -3.98. The normalized spacial score (nSPS) is 19.1. The van der Waals surface area contributed by atoms with E-state index >= 15 is 0 Å². The number of rotatable bonds is 6. The lowest BCUT2D eigenvalue weighted by atomic mass is 10.0. The summed E-state index contributed by atoms with van der Waals surface area (Å²) < 4.78 is 0.730. The van der Waals surface area contributed by atoms with Crippen LogP contribution in [0.1, 0.15) is 38.3 Å². The van der Waals surface area contributed by atoms with Crippen molar-refractivity contribution in [2.75, 3.05) is 13.1 Å². The Morgan fingerprint density at radius 2 is 1.72 bits per heavy atom. The minimum Gasteiger partial charge on any atom is -0.508 e. The molecule has 0 aliphatic carbocycles. The number of amides is 3. The van der Waals surface area contributed by atoms with Gasteiger partial charge < -0.3 is 20.2 Å². The molecule has 2 saturated heterocycles. The molecule has 8 nitrogen and oxygen atoms in total. The molecule has 3 aromatic carbocycles. The summed E-state index contributed by atoms with van der Waals surface area (Å²) in [4.78, 5) is 56.5. The molecular weight excluding hydrogens is 562 g/mol. The van der Waals surface area contributed by atoms with E-state index in [9.17, 15) is 24.3 Å². The highest BCUT2D eigenvalue weighted by molar-refractivity contribution is 9.10. The number of carbonyl (C=O) groups excluding carboxylic acids is 4. The minimum atomic E-state index is -0.950. The van der Waals surface area contributed by atoms with Crippen molar-refractivity contribution in [1.82, 2.24) is 15.1 Å². The van der Waals surface area contributed by atoms with Crippen molar-refractivity contribution >= 4 is 39.4 Å². The van der Waals surface area contributed by atoms with Crippen LogP contribution in [0.2, 0.25) is 0 Å². The second-order valence-corrected chi connectivity index (χ2v) is 10.9. The molecule has 2 heterocycles. The molecule has 3 amide bonds. The van der Waals surface area contributed by atoms with Gasteiger partial charge in [-0.05, 0) is 61.4 Å². The van der Waals surface area contributed by atoms with Crippen LogP contribution in [-0.2, 0) is 16.0 Å². The zero-order chi connectivity index (χ0) is 27.7. The van der Waals surface area contributed by atoms with Crippen LogP contribution in [0.25, 0.3) is 0 Å². The first-order valence-electron chi connectivity index (χ1n) is 12.8. The molecule has 0 unspecified atom stereocenters. The summed E-state index contributed by atoms with van der Waals surface area (Å²) in [7, 11) is 0. The predicted molar refractivity (Wildman–Crippen MR) is 148 cm³/mol. The molecule has 2 aliphatic heterocycles. The fourth-order valence-corrected chi connectivity index (χ4v) is 5.74. The van der Waals surface area contributed by atoms with Crippen LogP contribution in [0.15, 0.2) is 77.3 Å². The molecule has 0 saturated carbocycles. The van der Waals surface area contributed by atoms with Crippen molar-refractivity contribution in [2.24, 2.45) is 0 Å². The van der Waals surface area contributed by atoms with Crippen molar-refractivity contribution < 1.29 is 24.3 Å². The van der Waals surface area contributed by atoms with Crippen molar-refractivity contribution in [3.8, 4) is 5.75 Å². The second-order valence-electron chi connectivity index (χ2n) is 10.0. The summed E-state index contributed by atoms with van der Waals surface area (Å²) >= 11 is 3.37. The maximum absolute atomic E-state index is 13.9. The monoisotopic (exact) mass is 589 g/mol. The first-order valence-corrected chi connectivity index (χ1v) is 13.6. The van der Waals surface area contributed by atoms with Crippen LogP contribution in [-0.4, -0.2) is 69.6 Å². The third-order valence-corrected chi connectivity index (χ3v) is 7.82. The molecule has 200 valence electrons. The summed E-state index contributed by atoms with van der Waals surface area (Å²) in [5, 5.41) is 12.5. The lowest BCUT2D eigenvalue weighted by molar-refractivity contribution is -0.138. The lowest BCUT2D eigenvalue weighted by Gasteiger charge is -2.28. The first kappa shape index (κ1) is 26.6. The zero-order valence-electron chi connectivity index (χ0n) is 21.3. The van der Waals surface area contributed by atoms with E-state index < -0.39 is 24.0 Å². The van der Waals surface area contributed by atoms with Gasteiger partial charge in [-0.1, -0.05) is 51.8 Å². The van der Waals surface area contributed by atoms with E-state index in [1.165, 1.54) is 17.0 Å². The molecule has 0 spiro atoms. The van der Waals surface area contributed by atoms with Gasteiger partial charge in [0.05, 0.1) is 12.6 Å². The van der Waals surface area contributed by atoms with Crippen molar-refractivity contribution in [2.45, 2.75) is 37.9 Å². The maximum atomic E-state index is 13.9. The molecule has 9 heteroatoms. The molecule has 3 atom stereocenters. The number of nitrogens with zero attached hydrogens (tertiary/aromatic N) is 2. The minimum absolute atomic E-state index is 0.0567. The fraction of sp³-hybridized carbons (Fsp3) is 0.267. The number of hydrogen-bond acceptors (Lipinski definition) is 5. The SMILES string of the molecule is Cc1ccc(C(=O)N2CC(=O)[C@@H]3[C@H]2CCN3C(=O)[C@H](Cc2ccc(O)cc2)NC(=O)c2cccc(Br)c2)cc1. The highest BCUT2D eigenvalue weighted by Crippen LogP contribution is 2.32. The van der Waals surface area contributed by atoms with Gasteiger partial charge in [0.1, 0.15) is 17.8 Å². The van der Waals surface area contributed by atoms with Crippen molar-refractivity contribution in [3.63, 3.8) is 0 Å². The quantitative estimate of drug-likeness (QED) is 0.457. The van der Waals surface area contributed by atoms with Gasteiger partial charge in [0.25, 0.3) is 11.8 Å². The topological polar surface area (TPSA) is 107 Å². The number of fused-ring (bicyclic) bond motifs is 1. The van der Waals surface area contributed by atoms with Crippen molar-refractivity contribution in [3.05, 3.63) is 99.5 Å². The van der Waals surface area contributed by atoms with E-state index in [1.807, 2.05) is 19.1 Å². The number of carbonyl (C=O) groups is 4. The molecule has 2 fully saturated rings. The van der Waals surface area contributed by atoms with Gasteiger partial charge in [0.2, 0.25) is 5.91 Å². The van der Waals surface area contributed by atoms with Crippen molar-refractivity contribution in [1.29, 1.82) is 0 Å². The Balaban J connectivity index is 1.38. The van der Waals surface area contributed by atoms with Crippen LogP contribution in [0.4, 0.5) is 0 Å². The molecule has 39 heavy (non-hydrogen) atoms. The average Bonchev–Trinajstić information content (AvgIpc) is 3.50. The first-order chi connectivity index (χ1) is 18.7. The van der Waals surface area contributed by atoms with Gasteiger partial charge in [0, 0.05) is 28.6 Å². The largest absolute Gasteiger partial charge is 0.508 e. The molecule has 2 N–H and O–H groups in total. The number of likely N-dealkylation sites (tertiary alicyclic amines) is 2. The van der Waals surface area contributed by atoms with Gasteiger partial charge in [-0.15, -0.1) is 0 Å². The number of phenols is 1. The maximum Gasteiger partial charge on any atom is 0.254 e. The number of Topliss-reactive ketones (excluding diaryl/α,β-unsaturated/α-hetero) is 1. The van der Waals surface area contributed by atoms with E-state index in [0.717, 1.165) is 15.6 Å². The zero-order valence-corrected chi connectivity index (χ0v) is 22.9. The summed E-state index contributed by atoms with van der Waals surface area (Å²) in [5.74, 6) is -1.12. The molecule has 0 aromatic heterocycles. The van der Waals surface area contributed by atoms with E-state index in [4.69, 9.17) is 0 Å². The second kappa shape index (κ2) is 11.0. The Labute approximate surface area is 234 Å². The highest BCUT2D eigenvalue weighted by atomic mass is 79.9. The van der Waals surface area contributed by atoms with Crippen LogP contribution in [0, 0.1) is 6.92 Å². The Morgan fingerprint density at radius 3 is 2.41 bits per heavy atom. The number of phenolic OH excluding ortho intramolecular Hbond substituents is 1. The van der Waals surface area contributed by atoms with E-state index in [1.54, 1.807) is 53.4 Å². The lowest BCUT2D eigenvalue weighted by Crippen LogP contribution is -2.53. The van der Waals surface area contributed by atoms with Gasteiger partial charge in [0.15, 0.2) is 5.78 Å². The van der Waals surface area contributed by atoms with E-state index in [0.29, 0.717) is 24.1 Å². The van der Waals surface area contributed by atoms with Crippen LogP contribution in [0.5, 0.6) is 5.75 Å². The fourth-order valence-electron chi connectivity index (χ4n) is 5.34.